The van der Waals surface area contributed by atoms with E-state index in [1.807, 2.05) is 0 Å². The summed E-state index contributed by atoms with van der Waals surface area (Å²) in [5, 5.41) is 0. The third-order valence-corrected chi connectivity index (χ3v) is 3.54. The molecule has 4 nitrogen and oxygen atoms in total. The van der Waals surface area contributed by atoms with E-state index >= 15 is 0 Å². The average Bonchev–Trinajstić information content (AvgIpc) is 2.14. The number of rotatable bonds is 4. The van der Waals surface area contributed by atoms with Crippen molar-refractivity contribution in [3.8, 4) is 0 Å². The lowest BCUT2D eigenvalue weighted by Crippen LogP contribution is -2.37. The maximum absolute atomic E-state index is 10.6. The van der Waals surface area contributed by atoms with Crippen LogP contribution in [0.25, 0.3) is 0 Å². The molecule has 0 aliphatic carbocycles. The Labute approximate surface area is 90.2 Å². The van der Waals surface area contributed by atoms with Gasteiger partial charge in [0.25, 0.3) is 9.24 Å². The quantitative estimate of drug-likeness (QED) is 0.740. The summed E-state index contributed by atoms with van der Waals surface area (Å²) < 4.78 is 23.6. The molecule has 84 valence electrons. The fraction of sp³-hybridized carbons (Fsp3) is 1.00. The maximum Gasteiger partial charge on any atom is 0.297 e. The molecule has 0 atom stereocenters. The van der Waals surface area contributed by atoms with E-state index in [1.54, 1.807) is 0 Å². The first kappa shape index (κ1) is 12.2. The van der Waals surface area contributed by atoms with Crippen LogP contribution in [0.5, 0.6) is 0 Å². The second-order valence-electron chi connectivity index (χ2n) is 3.66. The molecule has 1 saturated heterocycles. The lowest BCUT2D eigenvalue weighted by molar-refractivity contribution is 0.194. The summed E-state index contributed by atoms with van der Waals surface area (Å²) in [5.41, 5.74) is 0. The number of piperidine rings is 1. The number of hydrogen-bond acceptors (Lipinski definition) is 3. The minimum Gasteiger partial charge on any atom is -0.304 e. The monoisotopic (exact) mass is 240 g/mol. The summed E-state index contributed by atoms with van der Waals surface area (Å²) in [6.07, 6.45) is 2.10. The van der Waals surface area contributed by atoms with Crippen molar-refractivity contribution in [3.05, 3.63) is 0 Å². The number of nitrogens with zero attached hydrogens (tertiary/aromatic N) is 1. The van der Waals surface area contributed by atoms with Crippen LogP contribution < -0.4 is 4.72 Å². The molecule has 0 bridgehead atoms. The van der Waals surface area contributed by atoms with Gasteiger partial charge in [-0.1, -0.05) is 6.92 Å². The zero-order valence-corrected chi connectivity index (χ0v) is 9.94. The van der Waals surface area contributed by atoms with Crippen LogP contribution in [0.2, 0.25) is 0 Å². The molecule has 1 aliphatic heterocycles. The van der Waals surface area contributed by atoms with Crippen molar-refractivity contribution < 1.29 is 8.42 Å². The predicted octanol–water partition coefficient (Wildman–Crippen LogP) is 0.792. The van der Waals surface area contributed by atoms with Gasteiger partial charge in [0, 0.05) is 17.2 Å². The van der Waals surface area contributed by atoms with E-state index in [-0.39, 0.29) is 0 Å². The molecule has 1 rings (SSSR count). The minimum atomic E-state index is -3.53. The Bertz CT molecular complexity index is 261. The van der Waals surface area contributed by atoms with E-state index in [9.17, 15) is 8.42 Å². The van der Waals surface area contributed by atoms with E-state index in [0.717, 1.165) is 32.5 Å². The first-order valence-corrected chi connectivity index (χ1v) is 7.24. The Morgan fingerprint density at radius 1 is 1.43 bits per heavy atom. The van der Waals surface area contributed by atoms with Crippen LogP contribution in [0.3, 0.4) is 0 Å². The molecule has 1 fully saturated rings. The average molecular weight is 241 g/mol. The molecule has 1 aliphatic rings. The van der Waals surface area contributed by atoms with Crippen molar-refractivity contribution in [1.82, 2.24) is 9.62 Å². The summed E-state index contributed by atoms with van der Waals surface area (Å²) in [6.45, 7) is 5.81. The van der Waals surface area contributed by atoms with Crippen LogP contribution in [-0.4, -0.2) is 39.5 Å². The van der Waals surface area contributed by atoms with Crippen molar-refractivity contribution in [2.24, 2.45) is 5.92 Å². The highest BCUT2D eigenvalue weighted by molar-refractivity contribution is 8.12. The van der Waals surface area contributed by atoms with Gasteiger partial charge >= 0.3 is 0 Å². The van der Waals surface area contributed by atoms with Crippen LogP contribution >= 0.6 is 10.7 Å². The molecule has 1 N–H and O–H groups in total. The molecule has 0 spiro atoms. The van der Waals surface area contributed by atoms with E-state index in [0.29, 0.717) is 12.5 Å². The molecular formula is C8H17ClN2O2S. The zero-order chi connectivity index (χ0) is 10.6. The molecular weight excluding hydrogens is 224 g/mol. The standard InChI is InChI=1S/C8H17ClN2O2S/c1-2-11-5-3-8(4-6-11)7-10-14(9,12)13/h8,10H,2-7H2,1H3. The minimum absolute atomic E-state index is 0.436. The van der Waals surface area contributed by atoms with Gasteiger partial charge < -0.3 is 4.90 Å². The lowest BCUT2D eigenvalue weighted by Gasteiger charge is -2.30. The zero-order valence-electron chi connectivity index (χ0n) is 8.37. The first-order chi connectivity index (χ1) is 6.51. The Hall–Kier alpha value is 0.160. The Kier molecular flexibility index (Phi) is 4.63. The van der Waals surface area contributed by atoms with E-state index in [2.05, 4.69) is 16.5 Å². The molecule has 0 unspecified atom stereocenters. The van der Waals surface area contributed by atoms with Crippen molar-refractivity contribution in [3.63, 3.8) is 0 Å². The second kappa shape index (κ2) is 5.30. The van der Waals surface area contributed by atoms with Gasteiger partial charge in [0.05, 0.1) is 0 Å². The summed E-state index contributed by atoms with van der Waals surface area (Å²) in [4.78, 5) is 2.37. The van der Waals surface area contributed by atoms with E-state index in [1.165, 1.54) is 0 Å². The summed E-state index contributed by atoms with van der Waals surface area (Å²) in [7, 11) is 1.53. The summed E-state index contributed by atoms with van der Waals surface area (Å²) in [5.74, 6) is 0.436. The van der Waals surface area contributed by atoms with Gasteiger partial charge in [-0.25, -0.2) is 4.72 Å². The molecule has 0 aromatic carbocycles. The molecule has 1 heterocycles. The van der Waals surface area contributed by atoms with Gasteiger partial charge in [-0.2, -0.15) is 8.42 Å². The summed E-state index contributed by atoms with van der Waals surface area (Å²) in [6, 6.07) is 0. The Morgan fingerprint density at radius 3 is 2.43 bits per heavy atom. The van der Waals surface area contributed by atoms with Gasteiger partial charge in [0.2, 0.25) is 0 Å². The second-order valence-corrected chi connectivity index (χ2v) is 6.05. The molecule has 0 amide bonds. The van der Waals surface area contributed by atoms with Crippen LogP contribution in [0.1, 0.15) is 19.8 Å². The molecule has 0 aromatic heterocycles. The highest BCUT2D eigenvalue weighted by Gasteiger charge is 2.19. The van der Waals surface area contributed by atoms with Gasteiger partial charge in [0.15, 0.2) is 0 Å². The van der Waals surface area contributed by atoms with Crippen LogP contribution in [-0.2, 0) is 9.24 Å². The van der Waals surface area contributed by atoms with Crippen molar-refractivity contribution in [2.75, 3.05) is 26.2 Å². The number of hydrogen-bond donors (Lipinski definition) is 1. The van der Waals surface area contributed by atoms with Gasteiger partial charge in [-0.15, -0.1) is 0 Å². The third-order valence-electron chi connectivity index (χ3n) is 2.70. The number of nitrogens with one attached hydrogen (secondary N) is 1. The van der Waals surface area contributed by atoms with Crippen molar-refractivity contribution >= 4 is 19.9 Å². The first-order valence-electron chi connectivity index (χ1n) is 4.93. The van der Waals surface area contributed by atoms with E-state index in [4.69, 9.17) is 10.7 Å². The van der Waals surface area contributed by atoms with Crippen molar-refractivity contribution in [1.29, 1.82) is 0 Å². The highest BCUT2D eigenvalue weighted by atomic mass is 35.7. The highest BCUT2D eigenvalue weighted by Crippen LogP contribution is 2.16. The lowest BCUT2D eigenvalue weighted by atomic mass is 9.97. The normalized spacial score (nSPS) is 21.3. The largest absolute Gasteiger partial charge is 0.304 e. The smallest absolute Gasteiger partial charge is 0.297 e. The predicted molar refractivity (Wildman–Crippen MR) is 57.6 cm³/mol. The summed E-state index contributed by atoms with van der Waals surface area (Å²) >= 11 is 0. The van der Waals surface area contributed by atoms with Crippen LogP contribution in [0.15, 0.2) is 0 Å². The van der Waals surface area contributed by atoms with Gasteiger partial charge in [-0.3, -0.25) is 0 Å². The topological polar surface area (TPSA) is 49.4 Å². The van der Waals surface area contributed by atoms with E-state index < -0.39 is 9.24 Å². The Balaban J connectivity index is 2.23. The van der Waals surface area contributed by atoms with Gasteiger partial charge in [0.1, 0.15) is 0 Å². The Morgan fingerprint density at radius 2 is 2.00 bits per heavy atom. The van der Waals surface area contributed by atoms with Gasteiger partial charge in [-0.05, 0) is 38.4 Å². The fourth-order valence-corrected chi connectivity index (χ4v) is 2.35. The molecule has 0 saturated carbocycles. The molecule has 14 heavy (non-hydrogen) atoms. The maximum atomic E-state index is 10.6. The van der Waals surface area contributed by atoms with Crippen LogP contribution in [0.4, 0.5) is 0 Å². The molecule has 0 radical (unpaired) electrons. The third kappa shape index (κ3) is 4.59. The number of halogens is 1. The fourth-order valence-electron chi connectivity index (χ4n) is 1.72. The van der Waals surface area contributed by atoms with Crippen molar-refractivity contribution in [2.45, 2.75) is 19.8 Å². The molecule has 0 aromatic rings. The number of likely N-dealkylation sites (tertiary alicyclic amines) is 1. The van der Waals surface area contributed by atoms with Crippen LogP contribution in [0, 0.1) is 5.92 Å². The SMILES string of the molecule is CCN1CCC(CNS(=O)(=O)Cl)CC1. The molecule has 6 heteroatoms.